The van der Waals surface area contributed by atoms with E-state index >= 15 is 0 Å². The van der Waals surface area contributed by atoms with Crippen LogP contribution in [0.25, 0.3) is 0 Å². The van der Waals surface area contributed by atoms with Gasteiger partial charge in [0, 0.05) is 51.4 Å². The van der Waals surface area contributed by atoms with Crippen LogP contribution >= 0.6 is 0 Å². The summed E-state index contributed by atoms with van der Waals surface area (Å²) in [5.74, 6) is -0.835. The molecule has 1 atom stereocenters. The van der Waals surface area contributed by atoms with Crippen LogP contribution in [0.15, 0.2) is 35.5 Å². The molecule has 1 N–H and O–H groups in total. The number of esters is 1. The average Bonchev–Trinajstić information content (AvgIpc) is 3.02. The van der Waals surface area contributed by atoms with E-state index in [1.165, 1.54) is 17.0 Å². The fourth-order valence-electron chi connectivity index (χ4n) is 4.23. The third-order valence-corrected chi connectivity index (χ3v) is 6.04. The van der Waals surface area contributed by atoms with Crippen LogP contribution in [0.3, 0.4) is 0 Å². The molecule has 33 heavy (non-hydrogen) atoms. The largest absolute Gasteiger partial charge is 0.463 e. The Morgan fingerprint density at radius 3 is 2.48 bits per heavy atom. The van der Waals surface area contributed by atoms with Crippen molar-refractivity contribution in [1.29, 1.82) is 0 Å². The number of amides is 3. The Morgan fingerprint density at radius 2 is 1.85 bits per heavy atom. The van der Waals surface area contributed by atoms with Gasteiger partial charge in [0.25, 0.3) is 0 Å². The van der Waals surface area contributed by atoms with Crippen molar-refractivity contribution in [3.05, 3.63) is 46.9 Å². The molecule has 0 spiro atoms. The molecule has 3 amide bonds. The van der Waals surface area contributed by atoms with Gasteiger partial charge in [0.05, 0.1) is 18.2 Å². The number of carbonyl (C=O) groups is 3. The highest BCUT2D eigenvalue weighted by Gasteiger charge is 2.37. The number of rotatable bonds is 6. The van der Waals surface area contributed by atoms with Gasteiger partial charge in [-0.05, 0) is 31.0 Å². The van der Waals surface area contributed by atoms with Gasteiger partial charge in [-0.1, -0.05) is 26.0 Å². The summed E-state index contributed by atoms with van der Waals surface area (Å²) >= 11 is 0. The third kappa shape index (κ3) is 5.71. The normalized spacial score (nSPS) is 20.1. The van der Waals surface area contributed by atoms with E-state index in [2.05, 4.69) is 10.2 Å². The predicted molar refractivity (Wildman–Crippen MR) is 122 cm³/mol. The summed E-state index contributed by atoms with van der Waals surface area (Å²) in [7, 11) is 1.62. The van der Waals surface area contributed by atoms with Gasteiger partial charge < -0.3 is 15.0 Å². The molecule has 1 aromatic rings. The number of nitrogens with one attached hydrogen (secondary N) is 1. The molecule has 1 unspecified atom stereocenters. The molecule has 2 aliphatic heterocycles. The highest BCUT2D eigenvalue weighted by atomic mass is 19.1. The lowest BCUT2D eigenvalue weighted by molar-refractivity contribution is -0.139. The summed E-state index contributed by atoms with van der Waals surface area (Å²) < 4.78 is 18.8. The van der Waals surface area contributed by atoms with Crippen LogP contribution in [-0.4, -0.2) is 79.0 Å². The summed E-state index contributed by atoms with van der Waals surface area (Å²) in [6, 6.07) is 4.63. The number of likely N-dealkylation sites (N-methyl/N-ethyl adjacent to an activating group) is 1. The first-order valence-electron chi connectivity index (χ1n) is 11.4. The minimum atomic E-state index is -0.741. The minimum Gasteiger partial charge on any atom is -0.463 e. The summed E-state index contributed by atoms with van der Waals surface area (Å²) in [5.41, 5.74) is 1.49. The molecule has 0 aliphatic carbocycles. The fraction of sp³-hybridized carbons (Fsp3) is 0.542. The zero-order chi connectivity index (χ0) is 24.1. The highest BCUT2D eigenvalue weighted by Crippen LogP contribution is 2.31. The Balaban J connectivity index is 1.92. The Morgan fingerprint density at radius 1 is 1.15 bits per heavy atom. The molecule has 9 heteroatoms. The van der Waals surface area contributed by atoms with E-state index in [4.69, 9.17) is 4.74 Å². The van der Waals surface area contributed by atoms with Gasteiger partial charge in [-0.15, -0.1) is 0 Å². The molecule has 0 radical (unpaired) electrons. The van der Waals surface area contributed by atoms with Crippen LogP contribution in [-0.2, 0) is 14.3 Å². The molecule has 2 heterocycles. The first-order valence-corrected chi connectivity index (χ1v) is 11.4. The van der Waals surface area contributed by atoms with E-state index in [0.717, 1.165) is 13.0 Å². The fourth-order valence-corrected chi connectivity index (χ4v) is 4.23. The number of benzene rings is 1. The molecular weight excluding hydrogens is 427 g/mol. The van der Waals surface area contributed by atoms with E-state index in [1.807, 2.05) is 18.7 Å². The number of carbonyl (C=O) groups excluding carboxylic acids is 3. The molecule has 2 aliphatic rings. The number of hydrogen-bond acceptors (Lipinski definition) is 5. The van der Waals surface area contributed by atoms with Gasteiger partial charge in [-0.2, -0.15) is 0 Å². The summed E-state index contributed by atoms with van der Waals surface area (Å²) in [6.45, 7) is 8.72. The van der Waals surface area contributed by atoms with Gasteiger partial charge in [-0.25, -0.2) is 14.0 Å². The zero-order valence-electron chi connectivity index (χ0n) is 19.8. The predicted octanol–water partition coefficient (Wildman–Crippen LogP) is 2.53. The van der Waals surface area contributed by atoms with E-state index < -0.39 is 17.8 Å². The van der Waals surface area contributed by atoms with Crippen molar-refractivity contribution < 1.29 is 23.5 Å². The molecule has 1 aromatic carbocycles. The quantitative estimate of drug-likeness (QED) is 0.660. The van der Waals surface area contributed by atoms with Crippen LogP contribution in [0.1, 0.15) is 38.8 Å². The molecule has 180 valence electrons. The van der Waals surface area contributed by atoms with Crippen molar-refractivity contribution in [3.8, 4) is 0 Å². The number of nitrogens with zero attached hydrogens (tertiary/aromatic N) is 3. The van der Waals surface area contributed by atoms with Gasteiger partial charge >= 0.3 is 12.0 Å². The monoisotopic (exact) mass is 460 g/mol. The van der Waals surface area contributed by atoms with Crippen LogP contribution in [0, 0.1) is 11.7 Å². The topological polar surface area (TPSA) is 82.2 Å². The smallest absolute Gasteiger partial charge is 0.338 e. The lowest BCUT2D eigenvalue weighted by Gasteiger charge is -2.36. The maximum absolute atomic E-state index is 13.5. The molecule has 0 bridgehead atoms. The van der Waals surface area contributed by atoms with Crippen molar-refractivity contribution in [2.45, 2.75) is 33.2 Å². The molecule has 8 nitrogen and oxygen atoms in total. The summed E-state index contributed by atoms with van der Waals surface area (Å²) in [6.07, 6.45) is 0.803. The van der Waals surface area contributed by atoms with Gasteiger partial charge in [-0.3, -0.25) is 14.6 Å². The Kier molecular flexibility index (Phi) is 8.07. The number of urea groups is 1. The molecular formula is C24H33FN4O4. The minimum absolute atomic E-state index is 0.0562. The maximum Gasteiger partial charge on any atom is 0.338 e. The number of hydrogen-bond donors (Lipinski definition) is 1. The van der Waals surface area contributed by atoms with Crippen molar-refractivity contribution in [2.75, 3.05) is 46.4 Å². The SMILES string of the molecule is CCOC(=O)C1=C(CN2CCCN(C(=O)C(C)C)CC2)N(C)C(=O)NC1c1ccc(F)cc1. The van der Waals surface area contributed by atoms with E-state index in [1.54, 1.807) is 26.1 Å². The lowest BCUT2D eigenvalue weighted by Crippen LogP contribution is -2.49. The van der Waals surface area contributed by atoms with Crippen molar-refractivity contribution >= 4 is 17.9 Å². The van der Waals surface area contributed by atoms with Crippen molar-refractivity contribution in [2.24, 2.45) is 5.92 Å². The highest BCUT2D eigenvalue weighted by molar-refractivity contribution is 5.95. The van der Waals surface area contributed by atoms with Gasteiger partial charge in [0.2, 0.25) is 5.91 Å². The first kappa shape index (κ1) is 24.7. The molecule has 1 saturated heterocycles. The first-order chi connectivity index (χ1) is 15.7. The Bertz CT molecular complexity index is 916. The standard InChI is InChI=1S/C24H33FN4O4/c1-5-33-23(31)20-19(15-28-11-6-12-29(14-13-28)22(30)16(2)3)27(4)24(32)26-21(20)17-7-9-18(25)10-8-17/h7-10,16,21H,5-6,11-15H2,1-4H3,(H,26,32). The Labute approximate surface area is 194 Å². The van der Waals surface area contributed by atoms with Crippen LogP contribution in [0.2, 0.25) is 0 Å². The Hall–Kier alpha value is -2.94. The van der Waals surface area contributed by atoms with Crippen LogP contribution < -0.4 is 5.32 Å². The summed E-state index contributed by atoms with van der Waals surface area (Å²) in [4.78, 5) is 43.7. The molecule has 0 saturated carbocycles. The van der Waals surface area contributed by atoms with E-state index in [-0.39, 0.29) is 24.5 Å². The van der Waals surface area contributed by atoms with Crippen molar-refractivity contribution in [3.63, 3.8) is 0 Å². The summed E-state index contributed by atoms with van der Waals surface area (Å²) in [5, 5.41) is 2.84. The third-order valence-electron chi connectivity index (χ3n) is 6.04. The molecule has 1 fully saturated rings. The average molecular weight is 461 g/mol. The lowest BCUT2D eigenvalue weighted by atomic mass is 9.94. The van der Waals surface area contributed by atoms with Gasteiger partial charge in [0.15, 0.2) is 0 Å². The van der Waals surface area contributed by atoms with Gasteiger partial charge in [0.1, 0.15) is 5.82 Å². The van der Waals surface area contributed by atoms with Crippen LogP contribution in [0.4, 0.5) is 9.18 Å². The van der Waals surface area contributed by atoms with Crippen LogP contribution in [0.5, 0.6) is 0 Å². The molecule has 3 rings (SSSR count). The second kappa shape index (κ2) is 10.8. The molecule has 0 aromatic heterocycles. The van der Waals surface area contributed by atoms with E-state index in [9.17, 15) is 18.8 Å². The number of ether oxygens (including phenoxy) is 1. The van der Waals surface area contributed by atoms with Crippen molar-refractivity contribution in [1.82, 2.24) is 20.0 Å². The maximum atomic E-state index is 13.5. The second-order valence-electron chi connectivity index (χ2n) is 8.68. The van der Waals surface area contributed by atoms with E-state index in [0.29, 0.717) is 43.0 Å². The zero-order valence-corrected chi connectivity index (χ0v) is 19.8. The number of halogens is 1. The second-order valence-corrected chi connectivity index (χ2v) is 8.68.